The number of pyridine rings is 1. The number of hydrogen-bond donors (Lipinski definition) is 2. The van der Waals surface area contributed by atoms with Gasteiger partial charge in [0, 0.05) is 6.92 Å². The largest absolute Gasteiger partial charge is 0.431 e. The van der Waals surface area contributed by atoms with E-state index in [0.29, 0.717) is 0 Å². The lowest BCUT2D eigenvalue weighted by Crippen LogP contribution is -2.18. The first-order valence-electron chi connectivity index (χ1n) is 6.48. The van der Waals surface area contributed by atoms with Gasteiger partial charge in [0.15, 0.2) is 5.65 Å². The Kier molecular flexibility index (Phi) is 3.91. The zero-order valence-corrected chi connectivity index (χ0v) is 12.9. The summed E-state index contributed by atoms with van der Waals surface area (Å²) < 4.78 is 45.2. The molecule has 0 radical (unpaired) electrons. The summed E-state index contributed by atoms with van der Waals surface area (Å²) in [4.78, 5) is 12.3. The maximum atomic E-state index is 13.2. The number of aryl methyl sites for hydroxylation is 1. The van der Waals surface area contributed by atoms with Crippen LogP contribution in [0.15, 0.2) is 16.5 Å². The van der Waals surface area contributed by atoms with E-state index in [9.17, 15) is 18.0 Å². The first-order chi connectivity index (χ1) is 11.3. The number of nitrogens with one attached hydrogen (secondary N) is 1. The van der Waals surface area contributed by atoms with E-state index >= 15 is 0 Å². The van der Waals surface area contributed by atoms with Crippen LogP contribution in [-0.4, -0.2) is 30.7 Å². The van der Waals surface area contributed by atoms with Gasteiger partial charge in [0.25, 0.3) is 5.91 Å². The van der Waals surface area contributed by atoms with Gasteiger partial charge < -0.3 is 4.42 Å². The quantitative estimate of drug-likeness (QED) is 0.696. The lowest BCUT2D eigenvalue weighted by molar-refractivity contribution is -0.142. The lowest BCUT2D eigenvalue weighted by atomic mass is 10.2. The van der Waals surface area contributed by atoms with Crippen LogP contribution in [0.25, 0.3) is 5.65 Å². The molecule has 0 saturated heterocycles. The monoisotopic (exact) mass is 358 g/mol. The molecule has 12 heteroatoms. The van der Waals surface area contributed by atoms with Crippen molar-refractivity contribution in [2.45, 2.75) is 18.9 Å². The van der Waals surface area contributed by atoms with E-state index in [0.717, 1.165) is 16.5 Å². The van der Waals surface area contributed by atoms with Gasteiger partial charge in [-0.05, 0) is 12.1 Å². The molecule has 0 spiro atoms. The molecule has 1 amide bonds. The third-order valence-corrected chi connectivity index (χ3v) is 3.33. The number of rotatable bonds is 3. The van der Waals surface area contributed by atoms with Gasteiger partial charge in [0.2, 0.25) is 5.89 Å². The van der Waals surface area contributed by atoms with Crippen LogP contribution in [0.5, 0.6) is 0 Å². The van der Waals surface area contributed by atoms with Crippen LogP contribution in [0.4, 0.5) is 19.2 Å². The molecule has 24 heavy (non-hydrogen) atoms. The van der Waals surface area contributed by atoms with Crippen molar-refractivity contribution in [1.82, 2.24) is 24.8 Å². The minimum atomic E-state index is -4.64. The van der Waals surface area contributed by atoms with Crippen LogP contribution in [0.2, 0.25) is 0 Å². The van der Waals surface area contributed by atoms with Gasteiger partial charge in [-0.15, -0.1) is 15.3 Å². The number of aromatic nitrogens is 5. The molecule has 0 atom stereocenters. The number of carbonyl (C=O) groups excluding carboxylic acids is 1. The van der Waals surface area contributed by atoms with Crippen molar-refractivity contribution in [3.8, 4) is 0 Å². The normalized spacial score (nSPS) is 11.9. The Morgan fingerprint density at radius 2 is 2.04 bits per heavy atom. The van der Waals surface area contributed by atoms with E-state index in [-0.39, 0.29) is 34.7 Å². The highest BCUT2D eigenvalue weighted by Gasteiger charge is 2.35. The van der Waals surface area contributed by atoms with Crippen LogP contribution >= 0.6 is 12.6 Å². The molecule has 0 aliphatic carbocycles. The average molecular weight is 358 g/mol. The second kappa shape index (κ2) is 5.78. The predicted molar refractivity (Wildman–Crippen MR) is 77.7 cm³/mol. The van der Waals surface area contributed by atoms with Gasteiger partial charge in [-0.2, -0.15) is 25.8 Å². The average Bonchev–Trinajstić information content (AvgIpc) is 3.11. The Morgan fingerprint density at radius 3 is 2.62 bits per heavy atom. The summed E-state index contributed by atoms with van der Waals surface area (Å²) in [6.07, 6.45) is -4.64. The fraction of sp³-hybridized carbons (Fsp3) is 0.250. The van der Waals surface area contributed by atoms with E-state index in [1.54, 1.807) is 0 Å². The smallest absolute Gasteiger partial charge is 0.408 e. The van der Waals surface area contributed by atoms with Crippen molar-refractivity contribution >= 4 is 30.2 Å². The molecule has 0 aliphatic rings. The number of fused-ring (bicyclic) bond motifs is 1. The molecular formula is C12H9F3N6O2S. The van der Waals surface area contributed by atoms with E-state index < -0.39 is 17.8 Å². The highest BCUT2D eigenvalue weighted by molar-refractivity contribution is 7.79. The highest BCUT2D eigenvalue weighted by atomic mass is 32.1. The molecule has 0 saturated carbocycles. The Balaban J connectivity index is 2.09. The fourth-order valence-electron chi connectivity index (χ4n) is 2.07. The predicted octanol–water partition coefficient (Wildman–Crippen LogP) is 2.12. The summed E-state index contributed by atoms with van der Waals surface area (Å²) in [5, 5.41) is 16.7. The van der Waals surface area contributed by atoms with Crippen LogP contribution in [0.3, 0.4) is 0 Å². The topological polar surface area (TPSA) is 98.2 Å². The third kappa shape index (κ3) is 2.79. The number of anilines is 1. The van der Waals surface area contributed by atoms with Gasteiger partial charge in [0.1, 0.15) is 11.5 Å². The number of hydrogen-bond acceptors (Lipinski definition) is 7. The number of halogens is 3. The Hall–Kier alpha value is -2.63. The maximum Gasteiger partial charge on any atom is 0.431 e. The van der Waals surface area contributed by atoms with E-state index in [4.69, 9.17) is 4.42 Å². The first-order valence-corrected chi connectivity index (χ1v) is 7.11. The number of carbonyl (C=O) groups is 1. The number of amides is 1. The summed E-state index contributed by atoms with van der Waals surface area (Å²) in [6, 6.07) is 1.61. The molecule has 8 nitrogen and oxygen atoms in total. The number of nitrogens with zero attached hydrogens (tertiary/aromatic N) is 5. The van der Waals surface area contributed by atoms with Crippen molar-refractivity contribution in [3.05, 3.63) is 35.1 Å². The van der Waals surface area contributed by atoms with Crippen LogP contribution in [0.1, 0.15) is 27.8 Å². The summed E-state index contributed by atoms with van der Waals surface area (Å²) >= 11 is 3.94. The van der Waals surface area contributed by atoms with Crippen molar-refractivity contribution in [2.24, 2.45) is 0 Å². The number of thiol groups is 1. The van der Waals surface area contributed by atoms with Gasteiger partial charge in [0.05, 0.1) is 11.3 Å². The van der Waals surface area contributed by atoms with Gasteiger partial charge >= 0.3 is 12.2 Å². The Bertz CT molecular complexity index is 919. The number of alkyl halides is 3. The molecule has 0 bridgehead atoms. The minimum Gasteiger partial charge on any atom is -0.408 e. The van der Waals surface area contributed by atoms with Crippen LogP contribution in [0, 0.1) is 6.92 Å². The van der Waals surface area contributed by atoms with E-state index in [1.807, 2.05) is 0 Å². The molecule has 3 heterocycles. The summed E-state index contributed by atoms with van der Waals surface area (Å²) in [5.74, 6) is -0.653. The van der Waals surface area contributed by atoms with Crippen molar-refractivity contribution < 1.29 is 22.4 Å². The van der Waals surface area contributed by atoms with Gasteiger partial charge in [-0.3, -0.25) is 14.5 Å². The first kappa shape index (κ1) is 16.2. The highest BCUT2D eigenvalue weighted by Crippen LogP contribution is 2.31. The summed E-state index contributed by atoms with van der Waals surface area (Å²) in [7, 11) is 0. The Morgan fingerprint density at radius 1 is 1.29 bits per heavy atom. The molecule has 3 rings (SSSR count). The molecule has 0 unspecified atom stereocenters. The SMILES string of the molecule is Cc1nnc(NC(=O)c2ccc(C(F)(F)F)n3c(CS)nnc23)o1. The van der Waals surface area contributed by atoms with Crippen LogP contribution in [-0.2, 0) is 11.9 Å². The molecule has 0 aromatic carbocycles. The molecule has 0 fully saturated rings. The summed E-state index contributed by atoms with van der Waals surface area (Å²) in [5.41, 5.74) is -1.38. The summed E-state index contributed by atoms with van der Waals surface area (Å²) in [6.45, 7) is 1.52. The second-order valence-electron chi connectivity index (χ2n) is 4.64. The second-order valence-corrected chi connectivity index (χ2v) is 4.96. The van der Waals surface area contributed by atoms with Crippen molar-refractivity contribution in [1.29, 1.82) is 0 Å². The molecule has 0 aliphatic heterocycles. The molecule has 3 aromatic rings. The van der Waals surface area contributed by atoms with Crippen molar-refractivity contribution in [2.75, 3.05) is 5.32 Å². The molecule has 1 N–H and O–H groups in total. The van der Waals surface area contributed by atoms with E-state index in [2.05, 4.69) is 38.3 Å². The lowest BCUT2D eigenvalue weighted by Gasteiger charge is -2.12. The zero-order chi connectivity index (χ0) is 17.5. The van der Waals surface area contributed by atoms with Gasteiger partial charge in [-0.1, -0.05) is 5.10 Å². The molecular weight excluding hydrogens is 349 g/mol. The zero-order valence-electron chi connectivity index (χ0n) is 12.0. The fourth-order valence-corrected chi connectivity index (χ4v) is 2.27. The van der Waals surface area contributed by atoms with Gasteiger partial charge in [-0.25, -0.2) is 0 Å². The Labute approximate surface area is 137 Å². The van der Waals surface area contributed by atoms with Crippen LogP contribution < -0.4 is 5.32 Å². The molecule has 3 aromatic heterocycles. The standard InChI is InChI=1S/C12H9F3N6O2S/c1-5-17-20-11(23-5)16-10(22)6-2-3-7(12(13,14)15)21-8(4-24)18-19-9(6)21/h2-3,24H,4H2,1H3,(H,16,20,22). The van der Waals surface area contributed by atoms with E-state index in [1.165, 1.54) is 6.92 Å². The van der Waals surface area contributed by atoms with Crippen molar-refractivity contribution in [3.63, 3.8) is 0 Å². The minimum absolute atomic E-state index is 0.0380. The third-order valence-electron chi connectivity index (χ3n) is 3.04. The molecule has 126 valence electrons. The maximum absolute atomic E-state index is 13.2.